The van der Waals surface area contributed by atoms with Crippen molar-refractivity contribution in [2.45, 2.75) is 44.3 Å². The van der Waals surface area contributed by atoms with Gasteiger partial charge in [-0.1, -0.05) is 18.2 Å². The van der Waals surface area contributed by atoms with E-state index in [4.69, 9.17) is 0 Å². The van der Waals surface area contributed by atoms with E-state index in [9.17, 15) is 26.7 Å². The summed E-state index contributed by atoms with van der Waals surface area (Å²) in [5.74, 6) is -3.09. The quantitative estimate of drug-likeness (QED) is 0.723. The zero-order valence-corrected chi connectivity index (χ0v) is 14.9. The third kappa shape index (κ3) is 5.18. The molecule has 3 nitrogen and oxygen atoms in total. The van der Waals surface area contributed by atoms with Gasteiger partial charge >= 0.3 is 6.18 Å². The van der Waals surface area contributed by atoms with Gasteiger partial charge in [0.05, 0.1) is 11.5 Å². The lowest BCUT2D eigenvalue weighted by Crippen LogP contribution is -2.48. The molecule has 1 atom stereocenters. The molecule has 0 saturated carbocycles. The van der Waals surface area contributed by atoms with Crippen molar-refractivity contribution in [2.24, 2.45) is 5.92 Å². The fourth-order valence-corrected chi connectivity index (χ4v) is 3.82. The first-order chi connectivity index (χ1) is 12.6. The number of hydrogen-bond donors (Lipinski definition) is 0. The zero-order valence-electron chi connectivity index (χ0n) is 14.9. The highest BCUT2D eigenvalue weighted by atomic mass is 19.4. The summed E-state index contributed by atoms with van der Waals surface area (Å²) < 4.78 is 65.1. The molecular weight excluding hydrogens is 367 g/mol. The van der Waals surface area contributed by atoms with E-state index in [1.54, 1.807) is 6.07 Å². The second-order valence-electron chi connectivity index (χ2n) is 7.45. The maximum absolute atomic E-state index is 13.3. The molecule has 0 aromatic heterocycles. The molecule has 150 valence electrons. The van der Waals surface area contributed by atoms with Gasteiger partial charge in [-0.3, -0.25) is 9.69 Å². The number of halogens is 5. The fourth-order valence-electron chi connectivity index (χ4n) is 3.82. The Kier molecular flexibility index (Phi) is 5.74. The highest BCUT2D eigenvalue weighted by molar-refractivity contribution is 5.79. The normalized spacial score (nSPS) is 24.0. The molecule has 2 heterocycles. The van der Waals surface area contributed by atoms with Crippen molar-refractivity contribution in [3.05, 3.63) is 35.4 Å². The summed E-state index contributed by atoms with van der Waals surface area (Å²) >= 11 is 0. The number of amides is 1. The number of alkyl halides is 5. The second kappa shape index (κ2) is 7.73. The highest BCUT2D eigenvalue weighted by Crippen LogP contribution is 2.31. The lowest BCUT2D eigenvalue weighted by molar-refractivity contribution is -0.143. The molecule has 3 rings (SSSR count). The van der Waals surface area contributed by atoms with Gasteiger partial charge in [-0.2, -0.15) is 13.2 Å². The molecule has 0 aliphatic carbocycles. The predicted molar refractivity (Wildman–Crippen MR) is 90.2 cm³/mol. The summed E-state index contributed by atoms with van der Waals surface area (Å²) in [7, 11) is 0. The Hall–Kier alpha value is -1.70. The topological polar surface area (TPSA) is 23.6 Å². The van der Waals surface area contributed by atoms with Gasteiger partial charge in [0.15, 0.2) is 0 Å². The summed E-state index contributed by atoms with van der Waals surface area (Å²) in [4.78, 5) is 16.1. The van der Waals surface area contributed by atoms with Gasteiger partial charge in [-0.25, -0.2) is 8.78 Å². The van der Waals surface area contributed by atoms with Crippen molar-refractivity contribution in [2.75, 3.05) is 26.2 Å². The van der Waals surface area contributed by atoms with Crippen molar-refractivity contribution in [1.82, 2.24) is 9.80 Å². The number of piperidine rings is 2. The summed E-state index contributed by atoms with van der Waals surface area (Å²) in [5, 5.41) is 0. The maximum atomic E-state index is 13.3. The minimum Gasteiger partial charge on any atom is -0.342 e. The van der Waals surface area contributed by atoms with Crippen LogP contribution in [0, 0.1) is 5.92 Å². The smallest absolute Gasteiger partial charge is 0.342 e. The molecule has 2 aliphatic rings. The number of carbonyl (C=O) groups is 1. The molecule has 27 heavy (non-hydrogen) atoms. The van der Waals surface area contributed by atoms with Crippen molar-refractivity contribution < 1.29 is 26.7 Å². The third-order valence-corrected chi connectivity index (χ3v) is 5.32. The number of nitrogens with zero attached hydrogens (tertiary/aromatic N) is 2. The molecule has 0 bridgehead atoms. The number of rotatable bonds is 3. The molecule has 8 heteroatoms. The van der Waals surface area contributed by atoms with E-state index >= 15 is 0 Å². The Morgan fingerprint density at radius 3 is 2.52 bits per heavy atom. The van der Waals surface area contributed by atoms with Gasteiger partial charge in [-0.15, -0.1) is 0 Å². The monoisotopic (exact) mass is 390 g/mol. The van der Waals surface area contributed by atoms with Crippen molar-refractivity contribution in [3.8, 4) is 0 Å². The Labute approximate surface area is 155 Å². The summed E-state index contributed by atoms with van der Waals surface area (Å²) in [5.41, 5.74) is -0.130. The van der Waals surface area contributed by atoms with Gasteiger partial charge in [0.2, 0.25) is 5.91 Å². The molecule has 0 spiro atoms. The molecule has 1 amide bonds. The van der Waals surface area contributed by atoms with Gasteiger partial charge in [-0.05, 0) is 31.0 Å². The average molecular weight is 390 g/mol. The Bertz CT molecular complexity index is 666. The van der Waals surface area contributed by atoms with E-state index in [0.717, 1.165) is 18.6 Å². The van der Waals surface area contributed by atoms with Crippen LogP contribution < -0.4 is 0 Å². The minimum absolute atomic E-state index is 0.0654. The SMILES string of the molecule is O=C(C1CCCN(Cc2cccc(C(F)(F)F)c2)C1)N1CCC(F)(F)CC1. The van der Waals surface area contributed by atoms with E-state index in [1.165, 1.54) is 11.0 Å². The van der Waals surface area contributed by atoms with E-state index in [1.807, 2.05) is 4.90 Å². The van der Waals surface area contributed by atoms with Crippen molar-refractivity contribution in [3.63, 3.8) is 0 Å². The number of carbonyl (C=O) groups excluding carboxylic acids is 1. The molecule has 1 aromatic rings. The van der Waals surface area contributed by atoms with Crippen LogP contribution in [0.5, 0.6) is 0 Å². The van der Waals surface area contributed by atoms with Gasteiger partial charge < -0.3 is 4.90 Å². The third-order valence-electron chi connectivity index (χ3n) is 5.32. The molecule has 1 aromatic carbocycles. The van der Waals surface area contributed by atoms with Crippen LogP contribution in [0.2, 0.25) is 0 Å². The molecule has 2 aliphatic heterocycles. The fraction of sp³-hybridized carbons (Fsp3) is 0.632. The van der Waals surface area contributed by atoms with Crippen LogP contribution in [0.4, 0.5) is 22.0 Å². The van der Waals surface area contributed by atoms with E-state index < -0.39 is 17.7 Å². The summed E-state index contributed by atoms with van der Waals surface area (Å²) in [6, 6.07) is 5.21. The molecular formula is C19H23F5N2O. The van der Waals surface area contributed by atoms with Crippen LogP contribution in [0.25, 0.3) is 0 Å². The lowest BCUT2D eigenvalue weighted by atomic mass is 9.94. The summed E-state index contributed by atoms with van der Waals surface area (Å²) in [6.45, 7) is 1.62. The Balaban J connectivity index is 1.59. The second-order valence-corrected chi connectivity index (χ2v) is 7.45. The van der Waals surface area contributed by atoms with Crippen LogP contribution in [0.3, 0.4) is 0 Å². The van der Waals surface area contributed by atoms with E-state index in [2.05, 4.69) is 0 Å². The van der Waals surface area contributed by atoms with Gasteiger partial charge in [0, 0.05) is 39.0 Å². The van der Waals surface area contributed by atoms with E-state index in [0.29, 0.717) is 31.6 Å². The maximum Gasteiger partial charge on any atom is 0.416 e. The van der Waals surface area contributed by atoms with Crippen molar-refractivity contribution in [1.29, 1.82) is 0 Å². The number of likely N-dealkylation sites (tertiary alicyclic amines) is 2. The van der Waals surface area contributed by atoms with Gasteiger partial charge in [0.1, 0.15) is 0 Å². The average Bonchev–Trinajstić information content (AvgIpc) is 2.61. The van der Waals surface area contributed by atoms with Crippen LogP contribution in [0.1, 0.15) is 36.8 Å². The lowest BCUT2D eigenvalue weighted by Gasteiger charge is -2.37. The first-order valence-corrected chi connectivity index (χ1v) is 9.19. The largest absolute Gasteiger partial charge is 0.416 e. The van der Waals surface area contributed by atoms with Crippen LogP contribution in [-0.2, 0) is 17.5 Å². The number of benzene rings is 1. The predicted octanol–water partition coefficient (Wildman–Crippen LogP) is 4.18. The Morgan fingerprint density at radius 1 is 1.15 bits per heavy atom. The van der Waals surface area contributed by atoms with Crippen LogP contribution in [-0.4, -0.2) is 47.8 Å². The van der Waals surface area contributed by atoms with Crippen LogP contribution in [0.15, 0.2) is 24.3 Å². The molecule has 1 unspecified atom stereocenters. The first kappa shape index (κ1) is 20.0. The first-order valence-electron chi connectivity index (χ1n) is 9.19. The molecule has 2 fully saturated rings. The minimum atomic E-state index is -4.38. The summed E-state index contributed by atoms with van der Waals surface area (Å²) in [6.07, 6.45) is -3.55. The number of hydrogen-bond acceptors (Lipinski definition) is 2. The van der Waals surface area contributed by atoms with Crippen LogP contribution >= 0.6 is 0 Å². The molecule has 0 radical (unpaired) electrons. The Morgan fingerprint density at radius 2 is 1.85 bits per heavy atom. The van der Waals surface area contributed by atoms with Gasteiger partial charge in [0.25, 0.3) is 5.92 Å². The highest BCUT2D eigenvalue weighted by Gasteiger charge is 2.38. The molecule has 2 saturated heterocycles. The zero-order chi connectivity index (χ0) is 19.7. The van der Waals surface area contributed by atoms with Crippen molar-refractivity contribution >= 4 is 5.91 Å². The molecule has 0 N–H and O–H groups in total. The van der Waals surface area contributed by atoms with E-state index in [-0.39, 0.29) is 37.8 Å². The standard InChI is InChI=1S/C19H23F5N2O/c20-18(21)6-9-26(10-7-18)17(27)15-4-2-8-25(13-15)12-14-3-1-5-16(11-14)19(22,23)24/h1,3,5,11,15H,2,4,6-10,12-13H2.